The second-order valence-corrected chi connectivity index (χ2v) is 7.04. The minimum Gasteiger partial charge on any atom is -0.361 e. The summed E-state index contributed by atoms with van der Waals surface area (Å²) in [6.07, 6.45) is -2.49. The lowest BCUT2D eigenvalue weighted by atomic mass is 9.91. The summed E-state index contributed by atoms with van der Waals surface area (Å²) < 4.78 is 38.2. The van der Waals surface area contributed by atoms with Crippen LogP contribution in [0.4, 0.5) is 13.2 Å². The minimum atomic E-state index is -4.43. The SMILES string of the molecule is O=C(NC[C@@H](c1ccccc1)c1c[nH]c2ccccc12)c1ccc(C(F)(F)F)cc1. The normalized spacial score (nSPS) is 12.6. The molecule has 0 spiro atoms. The van der Waals surface area contributed by atoms with E-state index in [1.54, 1.807) is 0 Å². The van der Waals surface area contributed by atoms with E-state index < -0.39 is 17.6 Å². The smallest absolute Gasteiger partial charge is 0.361 e. The van der Waals surface area contributed by atoms with E-state index in [9.17, 15) is 18.0 Å². The van der Waals surface area contributed by atoms with Crippen molar-refractivity contribution in [1.82, 2.24) is 10.3 Å². The molecular formula is C24H19F3N2O. The van der Waals surface area contributed by atoms with Crippen LogP contribution in [-0.4, -0.2) is 17.4 Å². The van der Waals surface area contributed by atoms with E-state index in [1.165, 1.54) is 12.1 Å². The molecule has 0 aliphatic heterocycles. The molecule has 0 fully saturated rings. The van der Waals surface area contributed by atoms with Gasteiger partial charge in [0.05, 0.1) is 5.56 Å². The van der Waals surface area contributed by atoms with Crippen molar-refractivity contribution in [2.75, 3.05) is 6.54 Å². The summed E-state index contributed by atoms with van der Waals surface area (Å²) in [5, 5.41) is 3.94. The number of halogens is 3. The van der Waals surface area contributed by atoms with E-state index >= 15 is 0 Å². The van der Waals surface area contributed by atoms with Crippen LogP contribution in [0.1, 0.15) is 33.0 Å². The Labute approximate surface area is 171 Å². The summed E-state index contributed by atoms with van der Waals surface area (Å²) in [4.78, 5) is 15.8. The van der Waals surface area contributed by atoms with Crippen LogP contribution in [0, 0.1) is 0 Å². The van der Waals surface area contributed by atoms with Crippen molar-refractivity contribution in [3.63, 3.8) is 0 Å². The van der Waals surface area contributed by atoms with Crippen LogP contribution in [0.25, 0.3) is 10.9 Å². The Kier molecular flexibility index (Phi) is 5.31. The number of alkyl halides is 3. The largest absolute Gasteiger partial charge is 0.416 e. The van der Waals surface area contributed by atoms with Gasteiger partial charge in [-0.1, -0.05) is 48.5 Å². The fourth-order valence-electron chi connectivity index (χ4n) is 3.58. The third-order valence-corrected chi connectivity index (χ3v) is 5.14. The summed E-state index contributed by atoms with van der Waals surface area (Å²) in [6, 6.07) is 22.0. The van der Waals surface area contributed by atoms with Crippen molar-refractivity contribution in [3.05, 3.63) is 107 Å². The molecule has 0 unspecified atom stereocenters. The molecule has 0 saturated carbocycles. The molecule has 0 aliphatic carbocycles. The Morgan fingerprint density at radius 1 is 0.900 bits per heavy atom. The second-order valence-electron chi connectivity index (χ2n) is 7.04. The average molecular weight is 408 g/mol. The molecule has 2 N–H and O–H groups in total. The molecule has 0 saturated heterocycles. The number of carbonyl (C=O) groups is 1. The molecule has 0 bridgehead atoms. The molecule has 3 aromatic carbocycles. The highest BCUT2D eigenvalue weighted by molar-refractivity contribution is 5.94. The zero-order valence-corrected chi connectivity index (χ0v) is 15.9. The maximum absolute atomic E-state index is 12.7. The highest BCUT2D eigenvalue weighted by Gasteiger charge is 2.30. The number of hydrogen-bond donors (Lipinski definition) is 2. The lowest BCUT2D eigenvalue weighted by Gasteiger charge is -2.18. The quantitative estimate of drug-likeness (QED) is 0.434. The number of rotatable bonds is 5. The topological polar surface area (TPSA) is 44.9 Å². The van der Waals surface area contributed by atoms with Gasteiger partial charge in [0.2, 0.25) is 0 Å². The number of hydrogen-bond acceptors (Lipinski definition) is 1. The van der Waals surface area contributed by atoms with E-state index in [2.05, 4.69) is 10.3 Å². The summed E-state index contributed by atoms with van der Waals surface area (Å²) in [6.45, 7) is 0.311. The summed E-state index contributed by atoms with van der Waals surface area (Å²) in [7, 11) is 0. The number of amides is 1. The van der Waals surface area contributed by atoms with Crippen molar-refractivity contribution in [1.29, 1.82) is 0 Å². The first-order valence-corrected chi connectivity index (χ1v) is 9.50. The molecular weight excluding hydrogens is 389 g/mol. The van der Waals surface area contributed by atoms with Gasteiger partial charge in [-0.05, 0) is 41.5 Å². The number of nitrogens with one attached hydrogen (secondary N) is 2. The van der Waals surface area contributed by atoms with Crippen molar-refractivity contribution in [2.24, 2.45) is 0 Å². The van der Waals surface area contributed by atoms with Gasteiger partial charge in [0.15, 0.2) is 0 Å². The molecule has 30 heavy (non-hydrogen) atoms. The monoisotopic (exact) mass is 408 g/mol. The predicted octanol–water partition coefficient (Wildman–Crippen LogP) is 5.75. The van der Waals surface area contributed by atoms with Crippen LogP contribution in [-0.2, 0) is 6.18 Å². The third kappa shape index (κ3) is 4.08. The van der Waals surface area contributed by atoms with Gasteiger partial charge >= 0.3 is 6.18 Å². The van der Waals surface area contributed by atoms with Gasteiger partial charge in [0.25, 0.3) is 5.91 Å². The zero-order chi connectivity index (χ0) is 21.1. The predicted molar refractivity (Wildman–Crippen MR) is 110 cm³/mol. The standard InChI is InChI=1S/C24H19F3N2O/c25-24(26,27)18-12-10-17(11-13-18)23(30)29-14-20(16-6-2-1-3-7-16)21-15-28-22-9-5-4-8-19(21)22/h1-13,15,20,28H,14H2,(H,29,30)/t20-/m0/s1. The summed E-state index contributed by atoms with van der Waals surface area (Å²) in [5.74, 6) is -0.523. The van der Waals surface area contributed by atoms with Crippen LogP contribution >= 0.6 is 0 Å². The lowest BCUT2D eigenvalue weighted by Crippen LogP contribution is -2.29. The zero-order valence-electron chi connectivity index (χ0n) is 15.9. The number of para-hydroxylation sites is 1. The van der Waals surface area contributed by atoms with Gasteiger partial charge in [-0.15, -0.1) is 0 Å². The molecule has 1 atom stereocenters. The molecule has 3 nitrogen and oxygen atoms in total. The second kappa shape index (κ2) is 8.06. The minimum absolute atomic E-state index is 0.110. The Hall–Kier alpha value is -3.54. The third-order valence-electron chi connectivity index (χ3n) is 5.14. The van der Waals surface area contributed by atoms with Crippen LogP contribution in [0.15, 0.2) is 85.1 Å². The Balaban J connectivity index is 1.58. The number of benzene rings is 3. The van der Waals surface area contributed by atoms with Crippen molar-refractivity contribution in [3.8, 4) is 0 Å². The highest BCUT2D eigenvalue weighted by Crippen LogP contribution is 2.31. The summed E-state index contributed by atoms with van der Waals surface area (Å²) in [5.41, 5.74) is 2.50. The molecule has 4 aromatic rings. The van der Waals surface area contributed by atoms with E-state index in [0.29, 0.717) is 6.54 Å². The summed E-state index contributed by atoms with van der Waals surface area (Å²) >= 11 is 0. The number of carbonyl (C=O) groups excluding carboxylic acids is 1. The molecule has 152 valence electrons. The Morgan fingerprint density at radius 2 is 1.57 bits per heavy atom. The molecule has 1 amide bonds. The van der Waals surface area contributed by atoms with Gasteiger partial charge in [-0.25, -0.2) is 0 Å². The van der Waals surface area contributed by atoms with E-state index in [0.717, 1.165) is 34.2 Å². The van der Waals surface area contributed by atoms with Crippen molar-refractivity contribution >= 4 is 16.8 Å². The van der Waals surface area contributed by atoms with Gasteiger partial charge in [-0.3, -0.25) is 4.79 Å². The average Bonchev–Trinajstić information content (AvgIpc) is 3.18. The molecule has 4 rings (SSSR count). The van der Waals surface area contributed by atoms with Crippen LogP contribution in [0.2, 0.25) is 0 Å². The Morgan fingerprint density at radius 3 is 2.27 bits per heavy atom. The fourth-order valence-corrected chi connectivity index (χ4v) is 3.58. The van der Waals surface area contributed by atoms with E-state index in [4.69, 9.17) is 0 Å². The highest BCUT2D eigenvalue weighted by atomic mass is 19.4. The first-order valence-electron chi connectivity index (χ1n) is 9.50. The Bertz CT molecular complexity index is 1150. The van der Waals surface area contributed by atoms with Crippen molar-refractivity contribution in [2.45, 2.75) is 12.1 Å². The molecule has 1 aromatic heterocycles. The van der Waals surface area contributed by atoms with E-state index in [-0.39, 0.29) is 11.5 Å². The molecule has 6 heteroatoms. The molecule has 1 heterocycles. The van der Waals surface area contributed by atoms with Crippen LogP contribution in [0.3, 0.4) is 0 Å². The first kappa shape index (κ1) is 19.8. The van der Waals surface area contributed by atoms with Gasteiger partial charge in [-0.2, -0.15) is 13.2 Å². The van der Waals surface area contributed by atoms with Crippen LogP contribution < -0.4 is 5.32 Å². The number of H-pyrrole nitrogens is 1. The van der Waals surface area contributed by atoms with Crippen LogP contribution in [0.5, 0.6) is 0 Å². The van der Waals surface area contributed by atoms with Crippen molar-refractivity contribution < 1.29 is 18.0 Å². The molecule has 0 aliphatic rings. The molecule has 0 radical (unpaired) electrons. The number of aromatic amines is 1. The number of aromatic nitrogens is 1. The number of fused-ring (bicyclic) bond motifs is 1. The maximum atomic E-state index is 12.7. The fraction of sp³-hybridized carbons (Fsp3) is 0.125. The van der Waals surface area contributed by atoms with Gasteiger partial charge in [0, 0.05) is 35.1 Å². The first-order chi connectivity index (χ1) is 14.4. The van der Waals surface area contributed by atoms with Gasteiger partial charge in [0.1, 0.15) is 0 Å². The maximum Gasteiger partial charge on any atom is 0.416 e. The van der Waals surface area contributed by atoms with E-state index in [1.807, 2.05) is 60.8 Å². The van der Waals surface area contributed by atoms with Gasteiger partial charge < -0.3 is 10.3 Å². The lowest BCUT2D eigenvalue weighted by molar-refractivity contribution is -0.137.